The smallest absolute Gasteiger partial charge is 0.373 e. The first-order chi connectivity index (χ1) is 46.3. The van der Waals surface area contributed by atoms with Crippen molar-refractivity contribution < 1.29 is 78.0 Å². The van der Waals surface area contributed by atoms with Crippen LogP contribution in [0.25, 0.3) is 0 Å². The molecule has 2 aromatic carbocycles. The summed E-state index contributed by atoms with van der Waals surface area (Å²) < 4.78 is 0. The lowest BCUT2D eigenvalue weighted by Gasteiger charge is -2.33. The van der Waals surface area contributed by atoms with Crippen LogP contribution in [0.5, 0.6) is 0 Å². The van der Waals surface area contributed by atoms with Crippen molar-refractivity contribution in [2.24, 2.45) is 0 Å². The number of hydrogen-bond acceptors (Lipinski definition) is 25. The summed E-state index contributed by atoms with van der Waals surface area (Å²) in [5.41, 5.74) is 5.15. The van der Waals surface area contributed by atoms with E-state index in [9.17, 15) is 39.0 Å². The number of carbonyl (C=O) groups excluding carboxylic acids is 8. The van der Waals surface area contributed by atoms with E-state index in [1.54, 1.807) is 6.92 Å². The third kappa shape index (κ3) is 45.8. The van der Waals surface area contributed by atoms with E-state index in [0.29, 0.717) is 32.2 Å². The van der Waals surface area contributed by atoms with Gasteiger partial charge in [0.05, 0.1) is 39.3 Å². The fourth-order valence-electron chi connectivity index (χ4n) is 11.4. The Morgan fingerprint density at radius 3 is 1.07 bits per heavy atom. The summed E-state index contributed by atoms with van der Waals surface area (Å²) in [6, 6.07) is 18.0. The van der Waals surface area contributed by atoms with Gasteiger partial charge in [0, 0.05) is 169 Å². The maximum absolute atomic E-state index is 11.4. The van der Waals surface area contributed by atoms with Gasteiger partial charge in [0.25, 0.3) is 0 Å². The zero-order valence-corrected chi connectivity index (χ0v) is 59.6. The Balaban J connectivity index is 0. The predicted molar refractivity (Wildman–Crippen MR) is 371 cm³/mol. The zero-order valence-electron chi connectivity index (χ0n) is 59.6. The van der Waals surface area contributed by atoms with Crippen LogP contribution < -0.4 is 0 Å². The summed E-state index contributed by atoms with van der Waals surface area (Å²) in [7, 11) is 6.41. The molecule has 4 aliphatic rings. The fraction of sp³-hybridized carbons (Fsp3) is 0.696. The number of likely N-dealkylation sites (N-methyl/N-ethyl adjacent to an activating group) is 6. The molecule has 29 heteroatoms. The molecule has 4 fully saturated rings. The molecule has 0 aromatic heterocycles. The highest BCUT2D eigenvalue weighted by atomic mass is 16.4. The number of hydrogen-bond donors (Lipinski definition) is 4. The van der Waals surface area contributed by atoms with E-state index in [-0.39, 0.29) is 63.9 Å². The van der Waals surface area contributed by atoms with Crippen LogP contribution in [-0.4, -0.2) is 388 Å². The largest absolute Gasteiger partial charge is 0.480 e. The van der Waals surface area contributed by atoms with Gasteiger partial charge in [0.1, 0.15) is 12.1 Å². The lowest BCUT2D eigenvalue weighted by atomic mass is 10.0. The molecular weight excluding hydrogens is 1270 g/mol. The maximum atomic E-state index is 11.4. The first kappa shape index (κ1) is 93.3. The first-order valence-electron chi connectivity index (χ1n) is 33.5. The number of carbonyl (C=O) groups is 6. The van der Waals surface area contributed by atoms with E-state index < -0.39 is 23.9 Å². The van der Waals surface area contributed by atoms with Gasteiger partial charge in [-0.05, 0) is 85.6 Å². The van der Waals surface area contributed by atoms with E-state index in [1.807, 2.05) is 9.80 Å². The molecule has 0 radical (unpaired) electrons. The Labute approximate surface area is 582 Å². The number of aliphatic carboxylic acids is 4. The van der Waals surface area contributed by atoms with Crippen LogP contribution in [0.15, 0.2) is 48.5 Å². The first-order valence-corrected chi connectivity index (χ1v) is 33.5. The summed E-state index contributed by atoms with van der Waals surface area (Å²) in [6.45, 7) is 40.6. The lowest BCUT2D eigenvalue weighted by molar-refractivity contribution is -0.193. The van der Waals surface area contributed by atoms with Gasteiger partial charge >= 0.3 is 42.3 Å². The fourth-order valence-corrected chi connectivity index (χ4v) is 11.4. The molecule has 0 bridgehead atoms. The molecule has 29 nitrogen and oxygen atoms in total. The standard InChI is InChI=1S/C21H36N4O2.C19H31N3O2.C13H25N3O3.C12H23N3O3.3CO2.CH4/c1-5-23-10-12-24(14-15-25(13-11-23)17-21(26)27)16-20(22(3)4)19-8-6-18(2)7-9-19;1-4-21-10-9-20(3)14-18(22(12-11-21)15-19(23)24)13-17-7-5-16(2)6-8-17;1-3-14-4-6-15(10-12(2)17)8-9-16(7-5-14)11-13(18)19;1-2-13-3-5-14(9-10-16)6-8-15(7-4-13)11-12(17)18;3*2-1-3;/h6-9,20H,5,10-17H2,1-4H3,(H,26,27);5-8,18H,4,9-15H2,1-3H3,(H,23,24);3-11H2,1-2H3,(H,18,19);10H,2-9,11H2,1H3,(H,17,18);;;;1H4. The van der Waals surface area contributed by atoms with Gasteiger partial charge in [-0.25, -0.2) is 0 Å². The van der Waals surface area contributed by atoms with E-state index in [4.69, 9.17) is 39.0 Å². The van der Waals surface area contributed by atoms with Gasteiger partial charge in [-0.15, -0.1) is 0 Å². The topological polar surface area (TPSA) is 328 Å². The van der Waals surface area contributed by atoms with Crippen molar-refractivity contribution in [2.75, 3.05) is 244 Å². The average Bonchev–Trinajstić information content (AvgIpc) is 1.11. The number of benzene rings is 2. The summed E-state index contributed by atoms with van der Waals surface area (Å²) in [5.74, 6) is -2.91. The average molecular weight is 1390 g/mol. The molecule has 0 amide bonds. The van der Waals surface area contributed by atoms with Gasteiger partial charge in [-0.3, -0.25) is 58.3 Å². The van der Waals surface area contributed by atoms with Crippen LogP contribution in [0.2, 0.25) is 0 Å². The van der Waals surface area contributed by atoms with E-state index in [2.05, 4.69) is 165 Å². The van der Waals surface area contributed by atoms with Crippen LogP contribution in [0.1, 0.15) is 70.3 Å². The van der Waals surface area contributed by atoms with Crippen LogP contribution in [-0.2, 0) is 64.0 Å². The maximum Gasteiger partial charge on any atom is 0.373 e. The van der Waals surface area contributed by atoms with Crippen molar-refractivity contribution in [1.29, 1.82) is 0 Å². The molecule has 6 rings (SSSR count). The van der Waals surface area contributed by atoms with Gasteiger partial charge < -0.3 is 54.6 Å². The number of rotatable bonds is 22. The minimum absolute atomic E-state index is 0. The van der Waals surface area contributed by atoms with Crippen molar-refractivity contribution >= 4 is 54.4 Å². The summed E-state index contributed by atoms with van der Waals surface area (Å²) in [5, 5.41) is 36.3. The highest BCUT2D eigenvalue weighted by Gasteiger charge is 2.27. The number of nitrogens with zero attached hydrogens (tertiary/aromatic N) is 13. The number of ketones is 1. The Bertz CT molecular complexity index is 2540. The molecule has 2 unspecified atom stereocenters. The molecule has 4 N–H and O–H groups in total. The van der Waals surface area contributed by atoms with Crippen LogP contribution in [0.3, 0.4) is 0 Å². The molecule has 2 atom stereocenters. The Hall–Kier alpha value is -6.72. The van der Waals surface area contributed by atoms with Gasteiger partial charge in [-0.1, -0.05) is 94.8 Å². The SMILES string of the molecule is C.CCN1CCN(C)CC(Cc2ccc(C)cc2)N(CC(=O)O)CC1.CCN1CCN(CC(=O)O)CCN(CC(c2ccc(C)cc2)N(C)C)CC1.CCN1CCN(CC(C)=O)CCN(CC(=O)O)CC1.CCN1CCN(CC=O)CCN(CC(=O)O)CC1.O=C=O.O=C=O.O=C=O. The van der Waals surface area contributed by atoms with Crippen LogP contribution >= 0.6 is 0 Å². The number of Topliss-reactive ketones (excluding diaryl/α,β-unsaturated/α-hetero) is 1. The summed E-state index contributed by atoms with van der Waals surface area (Å²) in [6.07, 6.45) is 2.56. The van der Waals surface area contributed by atoms with Crippen LogP contribution in [0.4, 0.5) is 0 Å². The normalized spacial score (nSPS) is 18.8. The highest BCUT2D eigenvalue weighted by Crippen LogP contribution is 2.21. The zero-order chi connectivity index (χ0) is 73.1. The minimum atomic E-state index is -0.792. The Kier molecular flexibility index (Phi) is 54.4. The third-order valence-electron chi connectivity index (χ3n) is 17.2. The predicted octanol–water partition coefficient (Wildman–Crippen LogP) is 0.876. The molecule has 556 valence electrons. The van der Waals surface area contributed by atoms with Crippen molar-refractivity contribution in [3.63, 3.8) is 0 Å². The third-order valence-corrected chi connectivity index (χ3v) is 17.2. The second kappa shape index (κ2) is 57.1. The molecule has 4 aliphatic heterocycles. The van der Waals surface area contributed by atoms with Crippen LogP contribution in [0, 0.1) is 13.8 Å². The number of aldehydes is 1. The molecule has 0 saturated carbocycles. The van der Waals surface area contributed by atoms with E-state index in [1.165, 1.54) is 22.3 Å². The van der Waals surface area contributed by atoms with Gasteiger partial charge in [-0.2, -0.15) is 28.8 Å². The molecule has 4 saturated heterocycles. The number of carboxylic acid groups (broad SMARTS) is 4. The van der Waals surface area contributed by atoms with Crippen molar-refractivity contribution in [3.8, 4) is 0 Å². The van der Waals surface area contributed by atoms with Gasteiger partial charge in [0.15, 0.2) is 0 Å². The molecular formula is C69H119N13O16. The molecule has 0 spiro atoms. The quantitative estimate of drug-likeness (QED) is 0.119. The second-order valence-corrected chi connectivity index (χ2v) is 24.6. The van der Waals surface area contributed by atoms with Crippen molar-refractivity contribution in [2.45, 2.75) is 74.4 Å². The number of aryl methyl sites for hydroxylation is 2. The molecule has 4 heterocycles. The van der Waals surface area contributed by atoms with E-state index >= 15 is 0 Å². The van der Waals surface area contributed by atoms with Crippen molar-refractivity contribution in [1.82, 2.24) is 63.7 Å². The monoisotopic (exact) mass is 1390 g/mol. The summed E-state index contributed by atoms with van der Waals surface area (Å²) >= 11 is 0. The lowest BCUT2D eigenvalue weighted by Crippen LogP contribution is -2.47. The van der Waals surface area contributed by atoms with E-state index in [0.717, 1.165) is 183 Å². The van der Waals surface area contributed by atoms with Crippen molar-refractivity contribution in [3.05, 3.63) is 70.8 Å². The highest BCUT2D eigenvalue weighted by molar-refractivity contribution is 5.77. The molecule has 0 aliphatic carbocycles. The molecule has 2 aromatic rings. The minimum Gasteiger partial charge on any atom is -0.480 e. The number of carboxylic acids is 4. The van der Waals surface area contributed by atoms with Gasteiger partial charge in [0.2, 0.25) is 0 Å². The summed E-state index contributed by atoms with van der Waals surface area (Å²) in [4.78, 5) is 144. The Morgan fingerprint density at radius 1 is 0.459 bits per heavy atom. The second-order valence-electron chi connectivity index (χ2n) is 24.6. The Morgan fingerprint density at radius 2 is 0.755 bits per heavy atom. The molecule has 98 heavy (non-hydrogen) atoms.